The Morgan fingerprint density at radius 2 is 2.00 bits per heavy atom. The molecule has 3 aromatic rings. The largest absolute Gasteiger partial charge is 0.469 e. The van der Waals surface area contributed by atoms with Crippen LogP contribution in [0, 0.1) is 12.7 Å². The predicted molar refractivity (Wildman–Crippen MR) is 97.5 cm³/mol. The van der Waals surface area contributed by atoms with E-state index in [2.05, 4.69) is 9.73 Å². The molecule has 1 amide bonds. The fourth-order valence-corrected chi connectivity index (χ4v) is 3.69. The molecule has 0 N–H and O–H groups in total. The molecular weight excluding hydrogens is 355 g/mol. The number of fused-ring (bicyclic) bond motifs is 1. The minimum Gasteiger partial charge on any atom is -0.469 e. The number of carbonyl (C=O) groups excluding carboxylic acids is 2. The van der Waals surface area contributed by atoms with E-state index >= 15 is 0 Å². The Kier molecular flexibility index (Phi) is 5.27. The summed E-state index contributed by atoms with van der Waals surface area (Å²) in [7, 11) is 1.32. The highest BCUT2D eigenvalue weighted by atomic mass is 32.1. The van der Waals surface area contributed by atoms with E-state index in [1.54, 1.807) is 22.8 Å². The predicted octanol–water partition coefficient (Wildman–Crippen LogP) is 3.45. The lowest BCUT2D eigenvalue weighted by Gasteiger charge is -2.05. The summed E-state index contributed by atoms with van der Waals surface area (Å²) in [5, 5.41) is 0. The zero-order chi connectivity index (χ0) is 18.7. The number of methoxy groups -OCH3 is 1. The summed E-state index contributed by atoms with van der Waals surface area (Å²) in [5.41, 5.74) is 2.06. The van der Waals surface area contributed by atoms with Gasteiger partial charge in [-0.3, -0.25) is 9.59 Å². The topological polar surface area (TPSA) is 60.7 Å². The van der Waals surface area contributed by atoms with Gasteiger partial charge in [0.1, 0.15) is 5.82 Å². The van der Waals surface area contributed by atoms with Crippen LogP contribution in [0.5, 0.6) is 0 Å². The average Bonchev–Trinajstić information content (AvgIpc) is 2.95. The number of hydrogen-bond donors (Lipinski definition) is 0. The number of aryl methyl sites for hydroxylation is 2. The Balaban J connectivity index is 2.10. The van der Waals surface area contributed by atoms with Crippen molar-refractivity contribution in [3.8, 4) is 0 Å². The van der Waals surface area contributed by atoms with Gasteiger partial charge in [-0.05, 0) is 36.8 Å². The third-order valence-corrected chi connectivity index (χ3v) is 5.03. The molecule has 0 radical (unpaired) electrons. The van der Waals surface area contributed by atoms with Crippen molar-refractivity contribution in [2.24, 2.45) is 4.99 Å². The molecule has 134 valence electrons. The molecule has 1 heterocycles. The molecule has 0 bridgehead atoms. The van der Waals surface area contributed by atoms with Crippen molar-refractivity contribution < 1.29 is 18.7 Å². The maximum absolute atomic E-state index is 13.6. The summed E-state index contributed by atoms with van der Waals surface area (Å²) in [4.78, 5) is 28.7. The maximum atomic E-state index is 13.6. The number of halogens is 1. The average molecular weight is 372 g/mol. The van der Waals surface area contributed by atoms with Crippen molar-refractivity contribution in [3.05, 3.63) is 64.2 Å². The second kappa shape index (κ2) is 7.61. The molecule has 0 aliphatic carbocycles. The quantitative estimate of drug-likeness (QED) is 0.659. The zero-order valence-electron chi connectivity index (χ0n) is 14.4. The normalized spacial score (nSPS) is 11.7. The van der Waals surface area contributed by atoms with Crippen LogP contribution in [0.4, 0.5) is 4.39 Å². The van der Waals surface area contributed by atoms with Gasteiger partial charge >= 0.3 is 5.97 Å². The molecule has 7 heteroatoms. The number of ether oxygens (including phenoxy) is 1. The van der Waals surface area contributed by atoms with Crippen molar-refractivity contribution in [2.45, 2.75) is 19.9 Å². The number of esters is 1. The van der Waals surface area contributed by atoms with Crippen LogP contribution in [0.2, 0.25) is 0 Å². The van der Waals surface area contributed by atoms with Gasteiger partial charge in [-0.2, -0.15) is 4.99 Å². The highest BCUT2D eigenvalue weighted by Crippen LogP contribution is 2.19. The van der Waals surface area contributed by atoms with E-state index in [-0.39, 0.29) is 30.7 Å². The molecule has 0 aliphatic rings. The van der Waals surface area contributed by atoms with E-state index in [0.29, 0.717) is 15.1 Å². The van der Waals surface area contributed by atoms with Crippen molar-refractivity contribution in [1.82, 2.24) is 4.57 Å². The van der Waals surface area contributed by atoms with E-state index in [1.807, 2.05) is 19.1 Å². The summed E-state index contributed by atoms with van der Waals surface area (Å²) in [5.74, 6) is -1.10. The molecule has 0 unspecified atom stereocenters. The Bertz CT molecular complexity index is 1050. The van der Waals surface area contributed by atoms with Gasteiger partial charge in [0, 0.05) is 12.1 Å². The lowest BCUT2D eigenvalue weighted by molar-refractivity contribution is -0.140. The number of thiazole rings is 1. The molecule has 1 aromatic heterocycles. The molecule has 2 aromatic carbocycles. The van der Waals surface area contributed by atoms with Crippen molar-refractivity contribution in [2.75, 3.05) is 7.11 Å². The van der Waals surface area contributed by atoms with Crippen LogP contribution >= 0.6 is 11.3 Å². The molecule has 0 saturated heterocycles. The van der Waals surface area contributed by atoms with E-state index in [4.69, 9.17) is 0 Å². The summed E-state index contributed by atoms with van der Waals surface area (Å²) in [6.45, 7) is 2.13. The number of carbonyl (C=O) groups is 2. The Morgan fingerprint density at radius 3 is 2.73 bits per heavy atom. The van der Waals surface area contributed by atoms with E-state index in [9.17, 15) is 14.0 Å². The molecule has 0 atom stereocenters. The third-order valence-electron chi connectivity index (χ3n) is 3.98. The lowest BCUT2D eigenvalue weighted by Crippen LogP contribution is -2.19. The summed E-state index contributed by atoms with van der Waals surface area (Å²) in [6, 6.07) is 11.5. The Morgan fingerprint density at radius 1 is 1.23 bits per heavy atom. The van der Waals surface area contributed by atoms with Crippen molar-refractivity contribution in [3.63, 3.8) is 0 Å². The number of amides is 1. The second-order valence-corrected chi connectivity index (χ2v) is 6.72. The number of aromatic nitrogens is 1. The van der Waals surface area contributed by atoms with Crippen molar-refractivity contribution in [1.29, 1.82) is 0 Å². The van der Waals surface area contributed by atoms with Crippen LogP contribution < -0.4 is 4.80 Å². The van der Waals surface area contributed by atoms with Crippen molar-refractivity contribution >= 4 is 33.4 Å². The van der Waals surface area contributed by atoms with Crippen LogP contribution in [0.3, 0.4) is 0 Å². The molecule has 26 heavy (non-hydrogen) atoms. The molecule has 3 rings (SSSR count). The molecule has 0 saturated carbocycles. The van der Waals surface area contributed by atoms with Gasteiger partial charge in [0.2, 0.25) is 0 Å². The Hall–Kier alpha value is -2.80. The van der Waals surface area contributed by atoms with Gasteiger partial charge in [-0.1, -0.05) is 29.5 Å². The van der Waals surface area contributed by atoms with Crippen LogP contribution in [-0.2, 0) is 16.1 Å². The first kappa shape index (κ1) is 18.0. The first-order valence-corrected chi connectivity index (χ1v) is 8.81. The van der Waals surface area contributed by atoms with Crippen LogP contribution in [-0.4, -0.2) is 23.6 Å². The second-order valence-electron chi connectivity index (χ2n) is 5.71. The van der Waals surface area contributed by atoms with Gasteiger partial charge in [-0.15, -0.1) is 0 Å². The highest BCUT2D eigenvalue weighted by molar-refractivity contribution is 7.16. The van der Waals surface area contributed by atoms with Gasteiger partial charge in [-0.25, -0.2) is 4.39 Å². The Labute approximate surface area is 153 Å². The van der Waals surface area contributed by atoms with Gasteiger partial charge in [0.15, 0.2) is 4.80 Å². The van der Waals surface area contributed by atoms with Crippen LogP contribution in [0.1, 0.15) is 22.3 Å². The smallest absolute Gasteiger partial charge is 0.307 e. The fraction of sp³-hybridized carbons (Fsp3) is 0.211. The molecule has 5 nitrogen and oxygen atoms in total. The summed E-state index contributed by atoms with van der Waals surface area (Å²) < 4.78 is 20.6. The molecular formula is C19H17FN2O3S. The summed E-state index contributed by atoms with van der Waals surface area (Å²) in [6.07, 6.45) is 0.130. The number of benzene rings is 2. The van der Waals surface area contributed by atoms with Gasteiger partial charge in [0.25, 0.3) is 5.91 Å². The third kappa shape index (κ3) is 3.72. The fourth-order valence-electron chi connectivity index (χ4n) is 2.61. The van der Waals surface area contributed by atoms with E-state index < -0.39 is 0 Å². The maximum Gasteiger partial charge on any atom is 0.307 e. The molecule has 0 aliphatic heterocycles. The first-order valence-electron chi connectivity index (χ1n) is 8.00. The lowest BCUT2D eigenvalue weighted by atomic mass is 10.1. The van der Waals surface area contributed by atoms with E-state index in [0.717, 1.165) is 11.1 Å². The summed E-state index contributed by atoms with van der Waals surface area (Å²) >= 11 is 1.21. The van der Waals surface area contributed by atoms with E-state index in [1.165, 1.54) is 30.6 Å². The number of nitrogens with zero attached hydrogens (tertiary/aromatic N) is 2. The number of rotatable bonds is 4. The molecule has 0 fully saturated rings. The minimum absolute atomic E-state index is 0.130. The standard InChI is InChI=1S/C19H17FN2O3S/c1-12-5-3-4-6-14(12)18(24)21-19-22(10-9-17(23)25-2)15-8-7-13(20)11-16(15)26-19/h3-8,11H,9-10H2,1-2H3. The zero-order valence-corrected chi connectivity index (χ0v) is 15.2. The van der Waals surface area contributed by atoms with Gasteiger partial charge in [0.05, 0.1) is 23.7 Å². The SMILES string of the molecule is COC(=O)CCn1c(=NC(=O)c2ccccc2C)sc2cc(F)ccc21. The monoisotopic (exact) mass is 372 g/mol. The first-order chi connectivity index (χ1) is 12.5. The van der Waals surface area contributed by atoms with Crippen LogP contribution in [0.25, 0.3) is 10.2 Å². The highest BCUT2D eigenvalue weighted by Gasteiger charge is 2.12. The minimum atomic E-state index is -0.373. The molecule has 0 spiro atoms. The van der Waals surface area contributed by atoms with Crippen LogP contribution in [0.15, 0.2) is 47.5 Å². The van der Waals surface area contributed by atoms with Gasteiger partial charge < -0.3 is 9.30 Å². The number of hydrogen-bond acceptors (Lipinski definition) is 4.